The van der Waals surface area contributed by atoms with Gasteiger partial charge in [0.15, 0.2) is 5.16 Å². The lowest BCUT2D eigenvalue weighted by molar-refractivity contribution is -0.119. The fraction of sp³-hybridized carbons (Fsp3) is 0.208. The number of nitrogens with one attached hydrogen (secondary N) is 1. The minimum absolute atomic E-state index is 0.00755. The number of halogens is 1. The van der Waals surface area contributed by atoms with E-state index in [0.717, 1.165) is 12.8 Å². The molecule has 32 heavy (non-hydrogen) atoms. The maximum atomic E-state index is 13.7. The number of nitrogens with zero attached hydrogens (tertiary/aromatic N) is 2. The van der Waals surface area contributed by atoms with E-state index < -0.39 is 0 Å². The maximum Gasteiger partial charge on any atom is 0.276 e. The molecule has 1 N–H and O–H groups in total. The lowest BCUT2D eigenvalue weighted by atomic mass is 10.1. The van der Waals surface area contributed by atoms with Crippen LogP contribution in [0.1, 0.15) is 29.2 Å². The monoisotopic (exact) mass is 465 g/mol. The number of thiophene rings is 1. The molecule has 2 heterocycles. The van der Waals surface area contributed by atoms with Crippen molar-refractivity contribution in [3.05, 3.63) is 86.8 Å². The topological polar surface area (TPSA) is 64.0 Å². The van der Waals surface area contributed by atoms with E-state index in [1.165, 1.54) is 50.9 Å². The standard InChI is InChI=1S/C24H20FN3O2S2/c1-14-12-16(25)7-9-20(14)28-23(30)22-19(10-11-31-22)27-24(28)32-13-21(29)26-18-8-6-15-4-2-3-5-17(15)18/h2-5,7,9-12,18H,6,8,13H2,1H3,(H,26,29)/t18-/m0/s1. The van der Waals surface area contributed by atoms with Gasteiger partial charge in [0, 0.05) is 0 Å². The van der Waals surface area contributed by atoms with Crippen LogP contribution in [0.4, 0.5) is 4.39 Å². The van der Waals surface area contributed by atoms with Gasteiger partial charge in [0.2, 0.25) is 5.91 Å². The van der Waals surface area contributed by atoms with Crippen LogP contribution in [0.5, 0.6) is 0 Å². The number of amides is 1. The zero-order chi connectivity index (χ0) is 22.2. The van der Waals surface area contributed by atoms with Gasteiger partial charge in [0.25, 0.3) is 5.56 Å². The molecule has 0 spiro atoms. The number of aryl methyl sites for hydroxylation is 2. The van der Waals surface area contributed by atoms with E-state index in [2.05, 4.69) is 22.4 Å². The van der Waals surface area contributed by atoms with Crippen LogP contribution >= 0.6 is 23.1 Å². The van der Waals surface area contributed by atoms with Crippen LogP contribution in [0.25, 0.3) is 15.9 Å². The molecular weight excluding hydrogens is 445 g/mol. The molecule has 162 valence electrons. The summed E-state index contributed by atoms with van der Waals surface area (Å²) < 4.78 is 15.7. The number of hydrogen-bond acceptors (Lipinski definition) is 5. The minimum atomic E-state index is -0.366. The van der Waals surface area contributed by atoms with Gasteiger partial charge in [-0.2, -0.15) is 0 Å². The van der Waals surface area contributed by atoms with Crippen molar-refractivity contribution in [3.63, 3.8) is 0 Å². The van der Waals surface area contributed by atoms with Crippen LogP contribution in [-0.2, 0) is 11.2 Å². The van der Waals surface area contributed by atoms with E-state index in [1.54, 1.807) is 19.1 Å². The molecule has 0 saturated heterocycles. The van der Waals surface area contributed by atoms with Crippen molar-refractivity contribution in [2.45, 2.75) is 31.0 Å². The molecule has 0 aliphatic heterocycles. The highest BCUT2D eigenvalue weighted by Gasteiger charge is 2.24. The number of rotatable bonds is 5. The van der Waals surface area contributed by atoms with Gasteiger partial charge in [-0.05, 0) is 66.1 Å². The highest BCUT2D eigenvalue weighted by Crippen LogP contribution is 2.31. The Kier molecular flexibility index (Phi) is 5.57. The summed E-state index contributed by atoms with van der Waals surface area (Å²) in [5, 5.41) is 5.34. The Bertz CT molecular complexity index is 1400. The fourth-order valence-corrected chi connectivity index (χ4v) is 5.72. The van der Waals surface area contributed by atoms with E-state index in [-0.39, 0.29) is 29.1 Å². The molecular formula is C24H20FN3O2S2. The Balaban J connectivity index is 1.43. The Labute approximate surface area is 192 Å². The number of carbonyl (C=O) groups is 1. The number of benzene rings is 2. The van der Waals surface area contributed by atoms with Crippen molar-refractivity contribution in [2.24, 2.45) is 0 Å². The zero-order valence-corrected chi connectivity index (χ0v) is 18.9. The van der Waals surface area contributed by atoms with Crippen molar-refractivity contribution in [2.75, 3.05) is 5.75 Å². The molecule has 1 aliphatic rings. The van der Waals surface area contributed by atoms with Gasteiger partial charge in [-0.25, -0.2) is 9.37 Å². The average molecular weight is 466 g/mol. The number of fused-ring (bicyclic) bond motifs is 2. The van der Waals surface area contributed by atoms with Gasteiger partial charge in [0.05, 0.1) is 23.0 Å². The van der Waals surface area contributed by atoms with Crippen molar-refractivity contribution < 1.29 is 9.18 Å². The molecule has 0 unspecified atom stereocenters. The number of hydrogen-bond donors (Lipinski definition) is 1. The van der Waals surface area contributed by atoms with Crippen molar-refractivity contribution in [1.29, 1.82) is 0 Å². The summed E-state index contributed by atoms with van der Waals surface area (Å²) >= 11 is 2.53. The average Bonchev–Trinajstić information content (AvgIpc) is 3.41. The number of thioether (sulfide) groups is 1. The Morgan fingerprint density at radius 3 is 2.97 bits per heavy atom. The first kappa shape index (κ1) is 20.9. The van der Waals surface area contributed by atoms with Crippen LogP contribution in [0.15, 0.2) is 63.9 Å². The highest BCUT2D eigenvalue weighted by molar-refractivity contribution is 7.99. The van der Waals surface area contributed by atoms with Crippen LogP contribution in [0.3, 0.4) is 0 Å². The maximum absolute atomic E-state index is 13.7. The summed E-state index contributed by atoms with van der Waals surface area (Å²) in [6.07, 6.45) is 1.84. The van der Waals surface area contributed by atoms with Gasteiger partial charge in [-0.15, -0.1) is 11.3 Å². The van der Waals surface area contributed by atoms with Gasteiger partial charge in [-0.1, -0.05) is 36.0 Å². The summed E-state index contributed by atoms with van der Waals surface area (Å²) in [6.45, 7) is 1.75. The van der Waals surface area contributed by atoms with Crippen LogP contribution in [-0.4, -0.2) is 21.2 Å². The Hall–Kier alpha value is -2.97. The quantitative estimate of drug-likeness (QED) is 0.340. The number of carbonyl (C=O) groups excluding carboxylic acids is 1. The predicted octanol–water partition coefficient (Wildman–Crippen LogP) is 4.79. The molecule has 0 radical (unpaired) electrons. The first-order valence-electron chi connectivity index (χ1n) is 10.3. The predicted molar refractivity (Wildman–Crippen MR) is 126 cm³/mol. The molecule has 1 atom stereocenters. The second-order valence-electron chi connectivity index (χ2n) is 7.75. The summed E-state index contributed by atoms with van der Waals surface area (Å²) in [7, 11) is 0. The lowest BCUT2D eigenvalue weighted by Crippen LogP contribution is -2.29. The van der Waals surface area contributed by atoms with E-state index in [9.17, 15) is 14.0 Å². The lowest BCUT2D eigenvalue weighted by Gasteiger charge is -2.16. The van der Waals surface area contributed by atoms with Crippen molar-refractivity contribution in [1.82, 2.24) is 14.9 Å². The van der Waals surface area contributed by atoms with Crippen LogP contribution in [0.2, 0.25) is 0 Å². The normalized spacial score (nSPS) is 15.1. The molecule has 1 amide bonds. The minimum Gasteiger partial charge on any atom is -0.349 e. The molecule has 2 aromatic carbocycles. The second kappa shape index (κ2) is 8.52. The van der Waals surface area contributed by atoms with E-state index >= 15 is 0 Å². The summed E-state index contributed by atoms with van der Waals surface area (Å²) in [5.41, 5.74) is 4.01. The van der Waals surface area contributed by atoms with Crippen molar-refractivity contribution in [3.8, 4) is 5.69 Å². The third-order valence-electron chi connectivity index (χ3n) is 5.65. The van der Waals surface area contributed by atoms with Gasteiger partial charge < -0.3 is 5.32 Å². The zero-order valence-electron chi connectivity index (χ0n) is 17.3. The molecule has 4 aromatic rings. The first-order valence-corrected chi connectivity index (χ1v) is 12.1. The molecule has 2 aromatic heterocycles. The summed E-state index contributed by atoms with van der Waals surface area (Å²) in [6, 6.07) is 14.2. The summed E-state index contributed by atoms with van der Waals surface area (Å²) in [5.74, 6) is -0.352. The fourth-order valence-electron chi connectivity index (χ4n) is 4.14. The smallest absolute Gasteiger partial charge is 0.276 e. The van der Waals surface area contributed by atoms with Crippen molar-refractivity contribution >= 4 is 39.2 Å². The van der Waals surface area contributed by atoms with Gasteiger partial charge in [0.1, 0.15) is 10.5 Å². The van der Waals surface area contributed by atoms with E-state index in [1.807, 2.05) is 17.5 Å². The SMILES string of the molecule is Cc1cc(F)ccc1-n1c(SCC(=O)N[C@H]2CCc3ccccc32)nc2ccsc2c1=O. The molecule has 0 fully saturated rings. The highest BCUT2D eigenvalue weighted by atomic mass is 32.2. The largest absolute Gasteiger partial charge is 0.349 e. The van der Waals surface area contributed by atoms with Crippen LogP contribution < -0.4 is 10.9 Å². The Morgan fingerprint density at radius 2 is 2.12 bits per heavy atom. The first-order chi connectivity index (χ1) is 15.5. The van der Waals surface area contributed by atoms with Gasteiger partial charge in [-0.3, -0.25) is 14.2 Å². The van der Waals surface area contributed by atoms with E-state index in [4.69, 9.17) is 0 Å². The third-order valence-corrected chi connectivity index (χ3v) is 7.48. The van der Waals surface area contributed by atoms with Crippen LogP contribution in [0, 0.1) is 12.7 Å². The van der Waals surface area contributed by atoms with E-state index in [0.29, 0.717) is 26.6 Å². The third kappa shape index (κ3) is 3.84. The second-order valence-corrected chi connectivity index (χ2v) is 9.61. The molecule has 5 nitrogen and oxygen atoms in total. The molecule has 0 bridgehead atoms. The molecule has 5 rings (SSSR count). The molecule has 8 heteroatoms. The summed E-state index contributed by atoms with van der Waals surface area (Å²) in [4.78, 5) is 30.6. The Morgan fingerprint density at radius 1 is 1.28 bits per heavy atom. The number of aromatic nitrogens is 2. The van der Waals surface area contributed by atoms with Gasteiger partial charge >= 0.3 is 0 Å². The molecule has 0 saturated carbocycles. The molecule has 1 aliphatic carbocycles.